The average Bonchev–Trinajstić information content (AvgIpc) is 2.86. The highest BCUT2D eigenvalue weighted by molar-refractivity contribution is 7.13. The molecule has 0 radical (unpaired) electrons. The van der Waals surface area contributed by atoms with Crippen molar-refractivity contribution in [3.8, 4) is 0 Å². The molecular formula is C15H16N2O3S. The number of hydrogen-bond donors (Lipinski definition) is 2. The van der Waals surface area contributed by atoms with Gasteiger partial charge in [-0.15, -0.1) is 11.3 Å². The Morgan fingerprint density at radius 3 is 2.71 bits per heavy atom. The van der Waals surface area contributed by atoms with E-state index in [-0.39, 0.29) is 12.3 Å². The van der Waals surface area contributed by atoms with Crippen molar-refractivity contribution in [3.05, 3.63) is 47.0 Å². The number of carbonyl (C=O) groups excluding carboxylic acids is 1. The van der Waals surface area contributed by atoms with E-state index in [1.165, 1.54) is 16.9 Å². The molecule has 0 aliphatic rings. The van der Waals surface area contributed by atoms with Crippen molar-refractivity contribution in [2.75, 3.05) is 5.32 Å². The van der Waals surface area contributed by atoms with Crippen LogP contribution in [-0.4, -0.2) is 22.0 Å². The Labute approximate surface area is 126 Å². The summed E-state index contributed by atoms with van der Waals surface area (Å²) in [5, 5.41) is 13.5. The average molecular weight is 304 g/mol. The summed E-state index contributed by atoms with van der Waals surface area (Å²) in [6.45, 7) is 0. The van der Waals surface area contributed by atoms with E-state index >= 15 is 0 Å². The SMILES string of the molecule is O=C(O)Cc1csc(NC(=O)CCCc2ccccc2)n1. The maximum Gasteiger partial charge on any atom is 0.309 e. The van der Waals surface area contributed by atoms with Gasteiger partial charge in [0.15, 0.2) is 5.13 Å². The van der Waals surface area contributed by atoms with Gasteiger partial charge < -0.3 is 10.4 Å². The summed E-state index contributed by atoms with van der Waals surface area (Å²) in [5.41, 5.74) is 1.68. The molecule has 0 saturated heterocycles. The third-order valence-electron chi connectivity index (χ3n) is 2.84. The first-order chi connectivity index (χ1) is 10.1. The van der Waals surface area contributed by atoms with Crippen LogP contribution in [0.3, 0.4) is 0 Å². The number of amides is 1. The monoisotopic (exact) mass is 304 g/mol. The summed E-state index contributed by atoms with van der Waals surface area (Å²) >= 11 is 1.24. The topological polar surface area (TPSA) is 79.3 Å². The number of benzene rings is 1. The predicted octanol–water partition coefficient (Wildman–Crippen LogP) is 2.73. The molecule has 0 atom stereocenters. The number of anilines is 1. The number of carboxylic acid groups (broad SMARTS) is 1. The summed E-state index contributed by atoms with van der Waals surface area (Å²) < 4.78 is 0. The van der Waals surface area contributed by atoms with Crippen LogP contribution in [0, 0.1) is 0 Å². The van der Waals surface area contributed by atoms with Crippen LogP contribution in [0.5, 0.6) is 0 Å². The lowest BCUT2D eigenvalue weighted by molar-refractivity contribution is -0.136. The van der Waals surface area contributed by atoms with Crippen molar-refractivity contribution in [2.24, 2.45) is 0 Å². The van der Waals surface area contributed by atoms with Gasteiger partial charge in [-0.3, -0.25) is 9.59 Å². The van der Waals surface area contributed by atoms with Crippen LogP contribution in [0.2, 0.25) is 0 Å². The molecule has 1 aromatic heterocycles. The van der Waals surface area contributed by atoms with E-state index in [9.17, 15) is 9.59 Å². The van der Waals surface area contributed by atoms with Gasteiger partial charge in [0, 0.05) is 11.8 Å². The normalized spacial score (nSPS) is 10.3. The number of carboxylic acids is 1. The van der Waals surface area contributed by atoms with Gasteiger partial charge in [0.1, 0.15) is 0 Å². The van der Waals surface area contributed by atoms with Crippen molar-refractivity contribution >= 4 is 28.3 Å². The molecule has 0 aliphatic heterocycles. The maximum absolute atomic E-state index is 11.8. The Kier molecular flexibility index (Phi) is 5.45. The quantitative estimate of drug-likeness (QED) is 0.824. The van der Waals surface area contributed by atoms with Crippen LogP contribution in [0.15, 0.2) is 35.7 Å². The first kappa shape index (κ1) is 15.2. The summed E-state index contributed by atoms with van der Waals surface area (Å²) in [6.07, 6.45) is 1.92. The van der Waals surface area contributed by atoms with Crippen LogP contribution in [0.25, 0.3) is 0 Å². The van der Waals surface area contributed by atoms with Crippen LogP contribution < -0.4 is 5.32 Å². The molecule has 5 nitrogen and oxygen atoms in total. The molecule has 6 heteroatoms. The second kappa shape index (κ2) is 7.54. The summed E-state index contributed by atoms with van der Waals surface area (Å²) in [4.78, 5) is 26.4. The molecule has 0 fully saturated rings. The molecule has 2 rings (SSSR count). The van der Waals surface area contributed by atoms with Crippen LogP contribution in [-0.2, 0) is 22.4 Å². The van der Waals surface area contributed by atoms with Gasteiger partial charge in [-0.2, -0.15) is 0 Å². The highest BCUT2D eigenvalue weighted by atomic mass is 32.1. The number of nitrogens with one attached hydrogen (secondary N) is 1. The van der Waals surface area contributed by atoms with Crippen molar-refractivity contribution in [2.45, 2.75) is 25.7 Å². The van der Waals surface area contributed by atoms with Gasteiger partial charge in [0.25, 0.3) is 0 Å². The fourth-order valence-corrected chi connectivity index (χ4v) is 2.61. The molecule has 110 valence electrons. The smallest absolute Gasteiger partial charge is 0.309 e. The number of aromatic nitrogens is 1. The molecule has 2 N–H and O–H groups in total. The lowest BCUT2D eigenvalue weighted by atomic mass is 10.1. The Morgan fingerprint density at radius 2 is 2.00 bits per heavy atom. The molecular weight excluding hydrogens is 288 g/mol. The predicted molar refractivity (Wildman–Crippen MR) is 81.5 cm³/mol. The van der Waals surface area contributed by atoms with Crippen LogP contribution >= 0.6 is 11.3 Å². The zero-order chi connectivity index (χ0) is 15.1. The van der Waals surface area contributed by atoms with E-state index in [0.717, 1.165) is 12.8 Å². The summed E-state index contributed by atoms with van der Waals surface area (Å²) in [7, 11) is 0. The molecule has 0 saturated carbocycles. The van der Waals surface area contributed by atoms with Crippen LogP contribution in [0.1, 0.15) is 24.1 Å². The third-order valence-corrected chi connectivity index (χ3v) is 3.65. The lowest BCUT2D eigenvalue weighted by Gasteiger charge is -2.02. The third kappa shape index (κ3) is 5.35. The van der Waals surface area contributed by atoms with Gasteiger partial charge >= 0.3 is 5.97 Å². The standard InChI is InChI=1S/C15H16N2O3S/c18-13(8-4-7-11-5-2-1-3-6-11)17-15-16-12(10-21-15)9-14(19)20/h1-3,5-6,10H,4,7-9H2,(H,19,20)(H,16,17,18). The molecule has 0 bridgehead atoms. The van der Waals surface area contributed by atoms with E-state index in [1.54, 1.807) is 5.38 Å². The Balaban J connectivity index is 1.74. The van der Waals surface area contributed by atoms with Gasteiger partial charge in [-0.25, -0.2) is 4.98 Å². The second-order valence-electron chi connectivity index (χ2n) is 4.60. The van der Waals surface area contributed by atoms with Gasteiger partial charge in [-0.1, -0.05) is 30.3 Å². The molecule has 0 aliphatic carbocycles. The molecule has 0 unspecified atom stereocenters. The number of carbonyl (C=O) groups is 2. The minimum atomic E-state index is -0.930. The second-order valence-corrected chi connectivity index (χ2v) is 5.46. The first-order valence-electron chi connectivity index (χ1n) is 6.63. The summed E-state index contributed by atoms with van der Waals surface area (Å²) in [6, 6.07) is 10.0. The van der Waals surface area contributed by atoms with Gasteiger partial charge in [0.05, 0.1) is 12.1 Å². The number of nitrogens with zero attached hydrogens (tertiary/aromatic N) is 1. The lowest BCUT2D eigenvalue weighted by Crippen LogP contribution is -2.11. The molecule has 21 heavy (non-hydrogen) atoms. The zero-order valence-electron chi connectivity index (χ0n) is 11.4. The fourth-order valence-electron chi connectivity index (χ4n) is 1.88. The van der Waals surface area contributed by atoms with Crippen molar-refractivity contribution < 1.29 is 14.7 Å². The number of hydrogen-bond acceptors (Lipinski definition) is 4. The number of aliphatic carboxylic acids is 1. The minimum Gasteiger partial charge on any atom is -0.481 e. The maximum atomic E-state index is 11.8. The number of thiazole rings is 1. The van der Waals surface area contributed by atoms with E-state index < -0.39 is 5.97 Å². The zero-order valence-corrected chi connectivity index (χ0v) is 12.2. The highest BCUT2D eigenvalue weighted by Gasteiger charge is 2.08. The van der Waals surface area contributed by atoms with E-state index in [1.807, 2.05) is 30.3 Å². The highest BCUT2D eigenvalue weighted by Crippen LogP contribution is 2.16. The van der Waals surface area contributed by atoms with Crippen molar-refractivity contribution in [1.29, 1.82) is 0 Å². The van der Waals surface area contributed by atoms with Crippen molar-refractivity contribution in [1.82, 2.24) is 4.98 Å². The first-order valence-corrected chi connectivity index (χ1v) is 7.51. The number of rotatable bonds is 7. The Bertz CT molecular complexity index is 610. The molecule has 2 aromatic rings. The number of aryl methyl sites for hydroxylation is 1. The molecule has 0 spiro atoms. The molecule has 1 amide bonds. The Hall–Kier alpha value is -2.21. The fraction of sp³-hybridized carbons (Fsp3) is 0.267. The Morgan fingerprint density at radius 1 is 1.24 bits per heavy atom. The largest absolute Gasteiger partial charge is 0.481 e. The van der Waals surface area contributed by atoms with Gasteiger partial charge in [0.2, 0.25) is 5.91 Å². The van der Waals surface area contributed by atoms with E-state index in [4.69, 9.17) is 5.11 Å². The van der Waals surface area contributed by atoms with Crippen molar-refractivity contribution in [3.63, 3.8) is 0 Å². The summed E-state index contributed by atoms with van der Waals surface area (Å²) in [5.74, 6) is -1.02. The molecule has 1 heterocycles. The van der Waals surface area contributed by atoms with E-state index in [2.05, 4.69) is 10.3 Å². The van der Waals surface area contributed by atoms with E-state index in [0.29, 0.717) is 17.2 Å². The minimum absolute atomic E-state index is 0.0952. The van der Waals surface area contributed by atoms with Crippen LogP contribution in [0.4, 0.5) is 5.13 Å². The molecule has 1 aromatic carbocycles. The van der Waals surface area contributed by atoms with Gasteiger partial charge in [-0.05, 0) is 18.4 Å².